The van der Waals surface area contributed by atoms with Crippen LogP contribution in [-0.4, -0.2) is 74.9 Å². The van der Waals surface area contributed by atoms with E-state index in [9.17, 15) is 19.0 Å². The van der Waals surface area contributed by atoms with E-state index in [4.69, 9.17) is 18.5 Å². The summed E-state index contributed by atoms with van der Waals surface area (Å²) in [7, 11) is 1.48. The number of rotatable bonds is 61. The van der Waals surface area contributed by atoms with Crippen LogP contribution in [0, 0.1) is 0 Å². The van der Waals surface area contributed by atoms with E-state index >= 15 is 0 Å². The second kappa shape index (κ2) is 61.5. The number of carbonyl (C=O) groups excluding carboxylic acids is 2. The van der Waals surface area contributed by atoms with Gasteiger partial charge in [0.25, 0.3) is 0 Å². The first-order chi connectivity index (χ1) is 39.5. The van der Waals surface area contributed by atoms with Gasteiger partial charge in [-0.15, -0.1) is 0 Å². The number of likely N-dealkylation sites (N-methyl/N-ethyl adjacent to an activating group) is 1. The van der Waals surface area contributed by atoms with E-state index in [1.54, 1.807) is 0 Å². The van der Waals surface area contributed by atoms with Gasteiger partial charge < -0.3 is 18.9 Å². The second-order valence-corrected chi connectivity index (χ2v) is 24.9. The highest BCUT2D eigenvalue weighted by Crippen LogP contribution is 2.43. The lowest BCUT2D eigenvalue weighted by molar-refractivity contribution is -0.870. The zero-order valence-electron chi connectivity index (χ0n) is 53.2. The first-order valence-corrected chi connectivity index (χ1v) is 35.0. The van der Waals surface area contributed by atoms with Crippen LogP contribution < -0.4 is 0 Å². The van der Waals surface area contributed by atoms with Crippen molar-refractivity contribution in [2.24, 2.45) is 0 Å². The van der Waals surface area contributed by atoms with E-state index < -0.39 is 26.5 Å². The Balaban J connectivity index is 4.02. The number of esters is 2. The Labute approximate surface area is 500 Å². The molecule has 0 fully saturated rings. The van der Waals surface area contributed by atoms with Gasteiger partial charge in [-0.1, -0.05) is 297 Å². The quantitative estimate of drug-likeness (QED) is 0.0211. The monoisotopic (exact) mass is 1150 g/mol. The Morgan fingerprint density at radius 2 is 0.704 bits per heavy atom. The van der Waals surface area contributed by atoms with Crippen molar-refractivity contribution in [3.8, 4) is 0 Å². The number of carbonyl (C=O) groups is 2. The second-order valence-electron chi connectivity index (χ2n) is 23.5. The summed E-state index contributed by atoms with van der Waals surface area (Å²) in [5.41, 5.74) is 0. The molecular formula is C71H127NO8P+. The van der Waals surface area contributed by atoms with Crippen molar-refractivity contribution in [1.82, 2.24) is 0 Å². The predicted molar refractivity (Wildman–Crippen MR) is 348 cm³/mol. The number of unbranched alkanes of at least 4 members (excludes halogenated alkanes) is 31. The lowest BCUT2D eigenvalue weighted by atomic mass is 10.0. The fourth-order valence-electron chi connectivity index (χ4n) is 9.27. The summed E-state index contributed by atoms with van der Waals surface area (Å²) in [4.78, 5) is 35.8. The highest BCUT2D eigenvalue weighted by Gasteiger charge is 2.27. The van der Waals surface area contributed by atoms with Gasteiger partial charge >= 0.3 is 19.8 Å². The molecule has 0 bridgehead atoms. The fraction of sp³-hybridized carbons (Fsp3) is 0.746. The SMILES string of the molecule is CC/C=C\C/C=C\C/C=C\C/C=C\C/C=C\C/C=C\C/C=C\C/C=C\CCCCCCCCCCCCCCCCC(=O)OC(COC(=O)CCCCCCCCCCCCCCCCCCCC)COP(=O)(O)OCC[N+](C)(C)C. The van der Waals surface area contributed by atoms with Gasteiger partial charge in [0.2, 0.25) is 0 Å². The summed E-state index contributed by atoms with van der Waals surface area (Å²) in [6.45, 7) is 4.35. The zero-order valence-corrected chi connectivity index (χ0v) is 54.1. The molecule has 0 aliphatic rings. The number of phosphoric acid groups is 1. The molecule has 0 saturated carbocycles. The highest BCUT2D eigenvalue weighted by molar-refractivity contribution is 7.47. The van der Waals surface area contributed by atoms with E-state index in [-0.39, 0.29) is 25.6 Å². The molecule has 0 aliphatic carbocycles. The zero-order chi connectivity index (χ0) is 59.1. The molecule has 10 heteroatoms. The fourth-order valence-corrected chi connectivity index (χ4v) is 10.0. The molecule has 0 rings (SSSR count). The van der Waals surface area contributed by atoms with Crippen LogP contribution in [-0.2, 0) is 32.7 Å². The number of quaternary nitrogens is 1. The molecule has 0 aromatic rings. The molecule has 0 radical (unpaired) electrons. The molecule has 9 nitrogen and oxygen atoms in total. The molecule has 468 valence electrons. The number of phosphoric ester groups is 1. The van der Waals surface area contributed by atoms with Crippen molar-refractivity contribution in [1.29, 1.82) is 0 Å². The van der Waals surface area contributed by atoms with Crippen LogP contribution in [0.25, 0.3) is 0 Å². The minimum absolute atomic E-state index is 0.0307. The van der Waals surface area contributed by atoms with E-state index in [2.05, 4.69) is 111 Å². The maximum absolute atomic E-state index is 12.9. The van der Waals surface area contributed by atoms with Gasteiger partial charge in [0, 0.05) is 12.8 Å². The van der Waals surface area contributed by atoms with Crippen molar-refractivity contribution in [2.45, 2.75) is 296 Å². The molecule has 81 heavy (non-hydrogen) atoms. The average Bonchev–Trinajstić information content (AvgIpc) is 3.43. The average molecular weight is 1150 g/mol. The number of allylic oxidation sites excluding steroid dienone is 16. The van der Waals surface area contributed by atoms with Crippen molar-refractivity contribution in [2.75, 3.05) is 47.5 Å². The van der Waals surface area contributed by atoms with Gasteiger partial charge in [0.05, 0.1) is 27.7 Å². The van der Waals surface area contributed by atoms with Gasteiger partial charge in [-0.05, 0) is 77.0 Å². The maximum Gasteiger partial charge on any atom is 0.472 e. The lowest BCUT2D eigenvalue weighted by Gasteiger charge is -2.24. The minimum Gasteiger partial charge on any atom is -0.462 e. The Kier molecular flexibility index (Phi) is 59.2. The Morgan fingerprint density at radius 3 is 1.05 bits per heavy atom. The van der Waals surface area contributed by atoms with Crippen LogP contribution in [0.3, 0.4) is 0 Å². The summed E-state index contributed by atoms with van der Waals surface area (Å²) >= 11 is 0. The molecule has 0 aliphatic heterocycles. The van der Waals surface area contributed by atoms with Crippen LogP contribution in [0.5, 0.6) is 0 Å². The Morgan fingerprint density at radius 1 is 0.395 bits per heavy atom. The van der Waals surface area contributed by atoms with Crippen molar-refractivity contribution in [3.63, 3.8) is 0 Å². The number of hydrogen-bond donors (Lipinski definition) is 1. The highest BCUT2D eigenvalue weighted by atomic mass is 31.2. The van der Waals surface area contributed by atoms with Gasteiger partial charge in [0.1, 0.15) is 19.8 Å². The topological polar surface area (TPSA) is 108 Å². The van der Waals surface area contributed by atoms with E-state index in [0.29, 0.717) is 23.9 Å². The summed E-state index contributed by atoms with van der Waals surface area (Å²) in [5.74, 6) is -0.788. The van der Waals surface area contributed by atoms with Crippen LogP contribution >= 0.6 is 7.82 Å². The van der Waals surface area contributed by atoms with E-state index in [0.717, 1.165) is 89.9 Å². The van der Waals surface area contributed by atoms with Crippen LogP contribution in [0.4, 0.5) is 0 Å². The van der Waals surface area contributed by atoms with Gasteiger partial charge in [-0.2, -0.15) is 0 Å². The predicted octanol–water partition coefficient (Wildman–Crippen LogP) is 21.5. The summed E-state index contributed by atoms with van der Waals surface area (Å²) in [6, 6.07) is 0. The number of nitrogens with zero attached hydrogens (tertiary/aromatic N) is 1. The summed E-state index contributed by atoms with van der Waals surface area (Å²) < 4.78 is 34.7. The molecule has 1 N–H and O–H groups in total. The van der Waals surface area contributed by atoms with Crippen LogP contribution in [0.1, 0.15) is 290 Å². The smallest absolute Gasteiger partial charge is 0.462 e. The Hall–Kier alpha value is -3.07. The molecule has 2 atom stereocenters. The van der Waals surface area contributed by atoms with E-state index in [1.807, 2.05) is 21.1 Å². The molecule has 0 saturated heterocycles. The van der Waals surface area contributed by atoms with Gasteiger partial charge in [-0.3, -0.25) is 18.6 Å². The van der Waals surface area contributed by atoms with Crippen molar-refractivity contribution < 1.29 is 42.1 Å². The third kappa shape index (κ3) is 65.9. The summed E-state index contributed by atoms with van der Waals surface area (Å²) in [5, 5.41) is 0. The number of hydrogen-bond acceptors (Lipinski definition) is 7. The van der Waals surface area contributed by atoms with Gasteiger partial charge in [-0.25, -0.2) is 4.57 Å². The van der Waals surface area contributed by atoms with Crippen LogP contribution in [0.2, 0.25) is 0 Å². The first kappa shape index (κ1) is 77.9. The largest absolute Gasteiger partial charge is 0.472 e. The first-order valence-electron chi connectivity index (χ1n) is 33.5. The Bertz CT molecular complexity index is 1690. The summed E-state index contributed by atoms with van der Waals surface area (Å²) in [6.07, 6.45) is 85.0. The van der Waals surface area contributed by atoms with Gasteiger partial charge in [0.15, 0.2) is 6.10 Å². The molecule has 0 aromatic heterocycles. The standard InChI is InChI=1S/C71H126NO8P/c1-6-8-10-12-14-16-18-20-22-24-26-27-28-29-30-31-32-33-34-35-36-37-38-39-40-41-42-43-44-45-46-48-50-52-54-56-58-60-62-64-71(74)80-69(68-79-81(75,76)78-66-65-72(3,4)5)67-77-70(73)63-61-59-57-55-53-51-49-47-25-23-21-19-17-15-13-11-9-7-2/h8,10,14,16,20,22,26-27,29-30,32-33,35-36,38-39,69H,6-7,9,11-13,15,17-19,21,23-25,28,31,34,37,40-68H2,1-5H3/p+1/b10-8-,16-14-,22-20-,27-26-,30-29-,33-32-,36-35-,39-38-. The molecule has 0 spiro atoms. The molecule has 0 aromatic carbocycles. The maximum atomic E-state index is 12.9. The number of ether oxygens (including phenoxy) is 2. The van der Waals surface area contributed by atoms with Crippen LogP contribution in [0.15, 0.2) is 97.2 Å². The third-order valence-electron chi connectivity index (χ3n) is 14.4. The third-order valence-corrected chi connectivity index (χ3v) is 15.4. The molecule has 0 amide bonds. The molecule has 2 unspecified atom stereocenters. The van der Waals surface area contributed by atoms with Crippen molar-refractivity contribution in [3.05, 3.63) is 97.2 Å². The normalized spacial score (nSPS) is 13.8. The van der Waals surface area contributed by atoms with Crippen molar-refractivity contribution >= 4 is 19.8 Å². The van der Waals surface area contributed by atoms with E-state index in [1.165, 1.54) is 167 Å². The lowest BCUT2D eigenvalue weighted by Crippen LogP contribution is -2.37. The molecular weight excluding hydrogens is 1030 g/mol. The molecule has 0 heterocycles. The minimum atomic E-state index is -4.39.